The summed E-state index contributed by atoms with van der Waals surface area (Å²) < 4.78 is 13.4. The molecule has 0 radical (unpaired) electrons. The van der Waals surface area contributed by atoms with E-state index in [1.807, 2.05) is 4.90 Å². The monoisotopic (exact) mass is 239 g/mol. The van der Waals surface area contributed by atoms with Crippen molar-refractivity contribution in [2.75, 3.05) is 19.6 Å². The van der Waals surface area contributed by atoms with Crippen molar-refractivity contribution in [3.05, 3.63) is 35.6 Å². The molecule has 0 spiro atoms. The highest BCUT2D eigenvalue weighted by molar-refractivity contribution is 5.20. The van der Waals surface area contributed by atoms with E-state index in [4.69, 9.17) is 0 Å². The number of halogens is 1. The highest BCUT2D eigenvalue weighted by atomic mass is 19.1. The van der Waals surface area contributed by atoms with Crippen molar-refractivity contribution in [2.24, 2.45) is 0 Å². The number of aliphatic hydroxyl groups is 2. The molecule has 1 saturated heterocycles. The Labute approximate surface area is 100 Å². The van der Waals surface area contributed by atoms with Gasteiger partial charge in [0.15, 0.2) is 0 Å². The van der Waals surface area contributed by atoms with Crippen molar-refractivity contribution in [1.82, 2.24) is 4.90 Å². The molecule has 2 rings (SSSR count). The van der Waals surface area contributed by atoms with Crippen LogP contribution in [0.2, 0.25) is 0 Å². The van der Waals surface area contributed by atoms with Crippen molar-refractivity contribution in [3.8, 4) is 0 Å². The van der Waals surface area contributed by atoms with Crippen molar-refractivity contribution in [2.45, 2.75) is 25.0 Å². The molecule has 0 amide bonds. The molecule has 17 heavy (non-hydrogen) atoms. The van der Waals surface area contributed by atoms with Gasteiger partial charge in [0.1, 0.15) is 5.82 Å². The van der Waals surface area contributed by atoms with E-state index in [-0.39, 0.29) is 11.9 Å². The zero-order valence-corrected chi connectivity index (χ0v) is 9.72. The third-order valence-corrected chi connectivity index (χ3v) is 3.18. The third-order valence-electron chi connectivity index (χ3n) is 3.18. The molecule has 2 unspecified atom stereocenters. The van der Waals surface area contributed by atoms with Gasteiger partial charge in [0, 0.05) is 18.7 Å². The van der Waals surface area contributed by atoms with E-state index in [1.54, 1.807) is 18.2 Å². The van der Waals surface area contributed by atoms with E-state index < -0.39 is 6.10 Å². The van der Waals surface area contributed by atoms with E-state index in [0.29, 0.717) is 18.7 Å². The van der Waals surface area contributed by atoms with Crippen LogP contribution in [0.1, 0.15) is 24.5 Å². The zero-order chi connectivity index (χ0) is 12.3. The molecule has 94 valence electrons. The van der Waals surface area contributed by atoms with Crippen LogP contribution >= 0.6 is 0 Å². The molecule has 1 aliphatic rings. The molecule has 2 atom stereocenters. The Balaban J connectivity index is 1.97. The van der Waals surface area contributed by atoms with Crippen molar-refractivity contribution in [3.63, 3.8) is 0 Å². The zero-order valence-electron chi connectivity index (χ0n) is 9.72. The van der Waals surface area contributed by atoms with Gasteiger partial charge in [-0.15, -0.1) is 0 Å². The molecule has 1 aromatic rings. The second kappa shape index (κ2) is 5.58. The maximum absolute atomic E-state index is 13.4. The van der Waals surface area contributed by atoms with Gasteiger partial charge in [0.2, 0.25) is 0 Å². The largest absolute Gasteiger partial charge is 0.392 e. The summed E-state index contributed by atoms with van der Waals surface area (Å²) in [6, 6.07) is 6.27. The minimum absolute atomic E-state index is 0.323. The SMILES string of the molecule is OC1CCCN(CC(O)c2ccccc2F)C1. The van der Waals surface area contributed by atoms with Gasteiger partial charge in [-0.05, 0) is 25.5 Å². The molecule has 0 aliphatic carbocycles. The molecular formula is C13H18FNO2. The molecule has 1 fully saturated rings. The summed E-state index contributed by atoms with van der Waals surface area (Å²) >= 11 is 0. The molecule has 0 saturated carbocycles. The van der Waals surface area contributed by atoms with Crippen LogP contribution in [0.4, 0.5) is 4.39 Å². The Bertz CT molecular complexity index is 372. The first kappa shape index (κ1) is 12.5. The summed E-state index contributed by atoms with van der Waals surface area (Å²) in [6.45, 7) is 1.78. The molecule has 0 bridgehead atoms. The van der Waals surface area contributed by atoms with Gasteiger partial charge >= 0.3 is 0 Å². The molecule has 3 nitrogen and oxygen atoms in total. The maximum atomic E-state index is 13.4. The quantitative estimate of drug-likeness (QED) is 0.836. The molecule has 2 N–H and O–H groups in total. The first-order valence-electron chi connectivity index (χ1n) is 5.99. The summed E-state index contributed by atoms with van der Waals surface area (Å²) in [5, 5.41) is 19.5. The lowest BCUT2D eigenvalue weighted by atomic mass is 10.1. The van der Waals surface area contributed by atoms with Gasteiger partial charge in [0.25, 0.3) is 0 Å². The van der Waals surface area contributed by atoms with Crippen LogP contribution in [0.3, 0.4) is 0 Å². The lowest BCUT2D eigenvalue weighted by Crippen LogP contribution is -2.40. The van der Waals surface area contributed by atoms with Crippen LogP contribution in [0, 0.1) is 5.82 Å². The Morgan fingerprint density at radius 1 is 1.41 bits per heavy atom. The van der Waals surface area contributed by atoms with Crippen molar-refractivity contribution in [1.29, 1.82) is 0 Å². The standard InChI is InChI=1S/C13H18FNO2/c14-12-6-2-1-5-11(12)13(17)9-15-7-3-4-10(16)8-15/h1-2,5-6,10,13,16-17H,3-4,7-9H2. The summed E-state index contributed by atoms with van der Waals surface area (Å²) in [7, 11) is 0. The number of likely N-dealkylation sites (tertiary alicyclic amines) is 1. The smallest absolute Gasteiger partial charge is 0.129 e. The average Bonchev–Trinajstić information content (AvgIpc) is 2.29. The number of hydrogen-bond acceptors (Lipinski definition) is 3. The Kier molecular flexibility index (Phi) is 4.10. The molecular weight excluding hydrogens is 221 g/mol. The lowest BCUT2D eigenvalue weighted by molar-refractivity contribution is 0.0383. The van der Waals surface area contributed by atoms with E-state index in [9.17, 15) is 14.6 Å². The first-order valence-corrected chi connectivity index (χ1v) is 5.99. The maximum Gasteiger partial charge on any atom is 0.129 e. The van der Waals surface area contributed by atoms with Crippen molar-refractivity contribution >= 4 is 0 Å². The number of aliphatic hydroxyl groups excluding tert-OH is 2. The Hall–Kier alpha value is -0.970. The summed E-state index contributed by atoms with van der Waals surface area (Å²) in [4.78, 5) is 1.98. The number of piperidine rings is 1. The number of β-amino-alcohol motifs (C(OH)–C–C–N with tert-alkyl or cyclic N) is 2. The van der Waals surface area contributed by atoms with Gasteiger partial charge in [0.05, 0.1) is 12.2 Å². The molecule has 1 aromatic carbocycles. The minimum atomic E-state index is -0.832. The summed E-state index contributed by atoms with van der Waals surface area (Å²) in [5.41, 5.74) is 0.326. The fraction of sp³-hybridized carbons (Fsp3) is 0.538. The topological polar surface area (TPSA) is 43.7 Å². The molecule has 1 heterocycles. The van der Waals surface area contributed by atoms with Crippen LogP contribution in [0.5, 0.6) is 0 Å². The fourth-order valence-electron chi connectivity index (χ4n) is 2.29. The Morgan fingerprint density at radius 3 is 2.88 bits per heavy atom. The Morgan fingerprint density at radius 2 is 2.18 bits per heavy atom. The van der Waals surface area contributed by atoms with Crippen molar-refractivity contribution < 1.29 is 14.6 Å². The second-order valence-corrected chi connectivity index (χ2v) is 4.59. The fourth-order valence-corrected chi connectivity index (χ4v) is 2.29. The van der Waals surface area contributed by atoms with Crippen LogP contribution in [-0.4, -0.2) is 40.9 Å². The van der Waals surface area contributed by atoms with Crippen LogP contribution in [-0.2, 0) is 0 Å². The average molecular weight is 239 g/mol. The van der Waals surface area contributed by atoms with Gasteiger partial charge in [-0.25, -0.2) is 4.39 Å². The minimum Gasteiger partial charge on any atom is -0.392 e. The second-order valence-electron chi connectivity index (χ2n) is 4.59. The first-order chi connectivity index (χ1) is 8.16. The highest BCUT2D eigenvalue weighted by Gasteiger charge is 2.21. The van der Waals surface area contributed by atoms with Gasteiger partial charge < -0.3 is 10.2 Å². The van der Waals surface area contributed by atoms with Gasteiger partial charge in [-0.3, -0.25) is 4.90 Å². The van der Waals surface area contributed by atoms with Crippen LogP contribution in [0.25, 0.3) is 0 Å². The number of hydrogen-bond donors (Lipinski definition) is 2. The molecule has 1 aliphatic heterocycles. The van der Waals surface area contributed by atoms with E-state index in [2.05, 4.69) is 0 Å². The summed E-state index contributed by atoms with van der Waals surface area (Å²) in [5.74, 6) is -0.377. The number of rotatable bonds is 3. The van der Waals surface area contributed by atoms with E-state index in [0.717, 1.165) is 19.4 Å². The summed E-state index contributed by atoms with van der Waals surface area (Å²) in [6.07, 6.45) is 0.579. The van der Waals surface area contributed by atoms with E-state index in [1.165, 1.54) is 6.07 Å². The van der Waals surface area contributed by atoms with Gasteiger partial charge in [-0.1, -0.05) is 18.2 Å². The molecule has 0 aromatic heterocycles. The highest BCUT2D eigenvalue weighted by Crippen LogP contribution is 2.19. The van der Waals surface area contributed by atoms with Crippen LogP contribution < -0.4 is 0 Å². The lowest BCUT2D eigenvalue weighted by Gasteiger charge is -2.31. The van der Waals surface area contributed by atoms with Crippen LogP contribution in [0.15, 0.2) is 24.3 Å². The van der Waals surface area contributed by atoms with Gasteiger partial charge in [-0.2, -0.15) is 0 Å². The third kappa shape index (κ3) is 3.25. The number of benzene rings is 1. The molecule has 4 heteroatoms. The predicted octanol–water partition coefficient (Wildman–Crippen LogP) is 1.32. The predicted molar refractivity (Wildman–Crippen MR) is 63.0 cm³/mol. The number of nitrogens with zero attached hydrogens (tertiary/aromatic N) is 1. The normalized spacial score (nSPS) is 23.6. The van der Waals surface area contributed by atoms with E-state index >= 15 is 0 Å².